The maximum absolute atomic E-state index is 12.5. The molecule has 26 heavy (non-hydrogen) atoms. The van der Waals surface area contributed by atoms with Crippen molar-refractivity contribution in [1.82, 2.24) is 0 Å². The van der Waals surface area contributed by atoms with E-state index in [9.17, 15) is 22.8 Å². The Kier molecular flexibility index (Phi) is 6.02. The molecule has 2 rings (SSSR count). The maximum atomic E-state index is 12.5. The smallest absolute Gasteiger partial charge is 0.416 e. The van der Waals surface area contributed by atoms with Crippen molar-refractivity contribution in [3.63, 3.8) is 0 Å². The molecule has 1 N–H and O–H groups in total. The number of ether oxygens (including phenoxy) is 1. The first-order valence-electron chi connectivity index (χ1n) is 7.91. The van der Waals surface area contributed by atoms with E-state index in [4.69, 9.17) is 4.74 Å². The zero-order valence-corrected chi connectivity index (χ0v) is 14.3. The third-order valence-electron chi connectivity index (χ3n) is 3.62. The van der Waals surface area contributed by atoms with E-state index in [0.717, 1.165) is 29.8 Å². The minimum atomic E-state index is -4.48. The molecule has 0 atom stereocenters. The SMILES string of the molecule is CC(C)c1cccc(NC(=O)COC(=O)c2ccc(C(F)(F)F)cc2)c1. The number of halogens is 3. The van der Waals surface area contributed by atoms with Crippen molar-refractivity contribution in [2.75, 3.05) is 11.9 Å². The fourth-order valence-electron chi connectivity index (χ4n) is 2.18. The predicted octanol–water partition coefficient (Wildman–Crippen LogP) is 4.62. The lowest BCUT2D eigenvalue weighted by Gasteiger charge is -2.10. The molecule has 0 fully saturated rings. The third-order valence-corrected chi connectivity index (χ3v) is 3.62. The van der Waals surface area contributed by atoms with Gasteiger partial charge in [0.05, 0.1) is 11.1 Å². The summed E-state index contributed by atoms with van der Waals surface area (Å²) in [5, 5.41) is 2.61. The standard InChI is InChI=1S/C19H18F3NO3/c1-12(2)14-4-3-5-16(10-14)23-17(24)11-26-18(25)13-6-8-15(9-7-13)19(20,21)22/h3-10,12H,11H2,1-2H3,(H,23,24). The highest BCUT2D eigenvalue weighted by molar-refractivity contribution is 5.95. The van der Waals surface area contributed by atoms with Crippen LogP contribution in [0.3, 0.4) is 0 Å². The highest BCUT2D eigenvalue weighted by atomic mass is 19.4. The van der Waals surface area contributed by atoms with Crippen LogP contribution >= 0.6 is 0 Å². The van der Waals surface area contributed by atoms with Gasteiger partial charge < -0.3 is 10.1 Å². The molecule has 2 aromatic rings. The zero-order valence-electron chi connectivity index (χ0n) is 14.3. The van der Waals surface area contributed by atoms with E-state index in [2.05, 4.69) is 5.32 Å². The Morgan fingerprint density at radius 3 is 2.31 bits per heavy atom. The number of benzene rings is 2. The van der Waals surface area contributed by atoms with E-state index in [0.29, 0.717) is 11.6 Å². The van der Waals surface area contributed by atoms with Crippen LogP contribution in [0.4, 0.5) is 18.9 Å². The molecule has 0 aliphatic carbocycles. The van der Waals surface area contributed by atoms with Gasteiger partial charge in [0, 0.05) is 5.69 Å². The molecule has 2 aromatic carbocycles. The van der Waals surface area contributed by atoms with Crippen molar-refractivity contribution >= 4 is 17.6 Å². The Labute approximate surface area is 149 Å². The van der Waals surface area contributed by atoms with Crippen LogP contribution in [-0.2, 0) is 15.7 Å². The first-order valence-corrected chi connectivity index (χ1v) is 7.91. The highest BCUT2D eigenvalue weighted by Crippen LogP contribution is 2.29. The van der Waals surface area contributed by atoms with E-state index in [-0.39, 0.29) is 5.56 Å². The summed E-state index contributed by atoms with van der Waals surface area (Å²) in [6, 6.07) is 10.9. The number of carbonyl (C=O) groups is 2. The Bertz CT molecular complexity index is 783. The van der Waals surface area contributed by atoms with Crippen molar-refractivity contribution in [3.05, 3.63) is 65.2 Å². The summed E-state index contributed by atoms with van der Waals surface area (Å²) in [7, 11) is 0. The van der Waals surface area contributed by atoms with Crippen LogP contribution in [0.15, 0.2) is 48.5 Å². The molecular formula is C19H18F3NO3. The Morgan fingerprint density at radius 1 is 1.08 bits per heavy atom. The van der Waals surface area contributed by atoms with Crippen molar-refractivity contribution in [2.45, 2.75) is 25.9 Å². The van der Waals surface area contributed by atoms with E-state index in [1.165, 1.54) is 0 Å². The number of hydrogen-bond donors (Lipinski definition) is 1. The predicted molar refractivity (Wildman–Crippen MR) is 90.9 cm³/mol. The van der Waals surface area contributed by atoms with Crippen LogP contribution in [0.5, 0.6) is 0 Å². The molecule has 0 unspecified atom stereocenters. The van der Waals surface area contributed by atoms with E-state index in [1.807, 2.05) is 26.0 Å². The van der Waals surface area contributed by atoms with Gasteiger partial charge in [0.1, 0.15) is 0 Å². The van der Waals surface area contributed by atoms with Gasteiger partial charge in [-0.1, -0.05) is 26.0 Å². The van der Waals surface area contributed by atoms with Crippen molar-refractivity contribution in [3.8, 4) is 0 Å². The summed E-state index contributed by atoms with van der Waals surface area (Å²) in [5.41, 5.74) is 0.695. The van der Waals surface area contributed by atoms with Crippen LogP contribution in [0.1, 0.15) is 41.3 Å². The zero-order chi connectivity index (χ0) is 19.3. The lowest BCUT2D eigenvalue weighted by atomic mass is 10.0. The average Bonchev–Trinajstić information content (AvgIpc) is 2.59. The first-order chi connectivity index (χ1) is 12.2. The summed E-state index contributed by atoms with van der Waals surface area (Å²) >= 11 is 0. The number of carbonyl (C=O) groups excluding carboxylic acids is 2. The molecule has 0 bridgehead atoms. The minimum absolute atomic E-state index is 0.0624. The van der Waals surface area contributed by atoms with Crippen LogP contribution < -0.4 is 5.32 Å². The molecule has 0 aliphatic rings. The number of alkyl halides is 3. The number of hydrogen-bond acceptors (Lipinski definition) is 3. The highest BCUT2D eigenvalue weighted by Gasteiger charge is 2.30. The van der Waals surface area contributed by atoms with Crippen LogP contribution in [0.25, 0.3) is 0 Å². The average molecular weight is 365 g/mol. The van der Waals surface area contributed by atoms with Gasteiger partial charge in [-0.05, 0) is 47.9 Å². The second-order valence-electron chi connectivity index (χ2n) is 5.98. The summed E-state index contributed by atoms with van der Waals surface area (Å²) < 4.78 is 42.3. The number of esters is 1. The van der Waals surface area contributed by atoms with E-state index < -0.39 is 30.2 Å². The van der Waals surface area contributed by atoms with E-state index in [1.54, 1.807) is 12.1 Å². The maximum Gasteiger partial charge on any atom is 0.416 e. The summed E-state index contributed by atoms with van der Waals surface area (Å²) in [6.45, 7) is 3.51. The molecule has 0 saturated carbocycles. The minimum Gasteiger partial charge on any atom is -0.452 e. The number of anilines is 1. The number of rotatable bonds is 5. The van der Waals surface area contributed by atoms with Gasteiger partial charge >= 0.3 is 12.1 Å². The lowest BCUT2D eigenvalue weighted by molar-refractivity contribution is -0.137. The lowest BCUT2D eigenvalue weighted by Crippen LogP contribution is -2.21. The van der Waals surface area contributed by atoms with Gasteiger partial charge in [-0.2, -0.15) is 13.2 Å². The summed E-state index contributed by atoms with van der Waals surface area (Å²) in [6.07, 6.45) is -4.48. The summed E-state index contributed by atoms with van der Waals surface area (Å²) in [5.74, 6) is -1.11. The monoisotopic (exact) mass is 365 g/mol. The van der Waals surface area contributed by atoms with Gasteiger partial charge in [0.15, 0.2) is 6.61 Å². The molecule has 4 nitrogen and oxygen atoms in total. The molecule has 0 heterocycles. The van der Waals surface area contributed by atoms with Gasteiger partial charge in [0.2, 0.25) is 0 Å². The molecule has 0 spiro atoms. The second-order valence-corrected chi connectivity index (χ2v) is 5.98. The van der Waals surface area contributed by atoms with E-state index >= 15 is 0 Å². The number of amides is 1. The molecule has 7 heteroatoms. The molecule has 0 aliphatic heterocycles. The quantitative estimate of drug-likeness (QED) is 0.787. The van der Waals surface area contributed by atoms with Crippen molar-refractivity contribution in [1.29, 1.82) is 0 Å². The molecule has 0 aromatic heterocycles. The van der Waals surface area contributed by atoms with Crippen LogP contribution in [-0.4, -0.2) is 18.5 Å². The van der Waals surface area contributed by atoms with Gasteiger partial charge in [0.25, 0.3) is 5.91 Å². The first kappa shape index (κ1) is 19.5. The molecule has 138 valence electrons. The van der Waals surface area contributed by atoms with Crippen LogP contribution in [0.2, 0.25) is 0 Å². The Balaban J connectivity index is 1.90. The number of nitrogens with one attached hydrogen (secondary N) is 1. The van der Waals surface area contributed by atoms with Crippen LogP contribution in [0, 0.1) is 0 Å². The Hall–Kier alpha value is -2.83. The van der Waals surface area contributed by atoms with Gasteiger partial charge in [-0.25, -0.2) is 4.79 Å². The summed E-state index contributed by atoms with van der Waals surface area (Å²) in [4.78, 5) is 23.7. The fraction of sp³-hybridized carbons (Fsp3) is 0.263. The van der Waals surface area contributed by atoms with Gasteiger partial charge in [-0.3, -0.25) is 4.79 Å². The van der Waals surface area contributed by atoms with Gasteiger partial charge in [-0.15, -0.1) is 0 Å². The third kappa shape index (κ3) is 5.34. The van der Waals surface area contributed by atoms with Crippen molar-refractivity contribution < 1.29 is 27.5 Å². The second kappa shape index (κ2) is 8.03. The van der Waals surface area contributed by atoms with Crippen molar-refractivity contribution in [2.24, 2.45) is 0 Å². The normalized spacial score (nSPS) is 11.3. The molecule has 0 saturated heterocycles. The topological polar surface area (TPSA) is 55.4 Å². The Morgan fingerprint density at radius 2 is 1.73 bits per heavy atom. The fourth-order valence-corrected chi connectivity index (χ4v) is 2.18. The molecule has 1 amide bonds. The molecular weight excluding hydrogens is 347 g/mol. The largest absolute Gasteiger partial charge is 0.452 e. The molecule has 0 radical (unpaired) electrons.